The zero-order chi connectivity index (χ0) is 58.5. The van der Waals surface area contributed by atoms with Crippen LogP contribution in [0.15, 0.2) is 24.3 Å². The molecule has 0 heterocycles. The fraction of sp³-hybridized carbons (Fsp3) is 0.912. The molecule has 0 aromatic carbocycles. The predicted molar refractivity (Wildman–Crippen MR) is 338 cm³/mol. The van der Waals surface area contributed by atoms with E-state index in [0.717, 1.165) is 38.9 Å². The highest BCUT2D eigenvalue weighted by Gasteiger charge is 2.23. The molecule has 0 aromatic heterocycles. The van der Waals surface area contributed by atoms with Gasteiger partial charge in [0.15, 0.2) is 0 Å². The smallest absolute Gasteiger partial charge is 0.320 e. The van der Waals surface area contributed by atoms with Crippen LogP contribution in [0.1, 0.15) is 271 Å². The lowest BCUT2D eigenvalue weighted by atomic mass is 10.0. The van der Waals surface area contributed by atoms with Gasteiger partial charge in [0.1, 0.15) is 19.3 Å². The summed E-state index contributed by atoms with van der Waals surface area (Å²) < 4.78 is 52.3. The van der Waals surface area contributed by atoms with E-state index in [1.807, 2.05) is 0 Å². The van der Waals surface area contributed by atoms with Crippen molar-refractivity contribution in [2.45, 2.75) is 283 Å². The maximum Gasteiger partial charge on any atom is 0.320 e. The predicted octanol–water partition coefficient (Wildman–Crippen LogP) is 16.1. The van der Waals surface area contributed by atoms with Crippen LogP contribution in [0.25, 0.3) is 0 Å². The molecule has 0 saturated carbocycles. The summed E-state index contributed by atoms with van der Waals surface area (Å²) in [5.74, 6) is -0.750. The van der Waals surface area contributed by atoms with E-state index in [2.05, 4.69) is 55.7 Å². The van der Waals surface area contributed by atoms with Crippen molar-refractivity contribution in [3.05, 3.63) is 24.3 Å². The largest absolute Gasteiger partial charge is 0.463 e. The Labute approximate surface area is 499 Å². The van der Waals surface area contributed by atoms with Gasteiger partial charge in [0.2, 0.25) is 0 Å². The quantitative estimate of drug-likeness (QED) is 0.0339. The van der Waals surface area contributed by atoms with E-state index in [4.69, 9.17) is 42.6 Å². The first-order chi connectivity index (χ1) is 40.1. The Morgan fingerprint density at radius 3 is 1.12 bits per heavy atom. The SMILES string of the molecule is CCCCCCCC/C=C\CCCCCCCCOCC(OCCCCCCCC/C=C\CCCCCCCC)C(CCCCCCCCCCCC)OCCOCCOCCOCCOC(=O)CNCCOC(=O)CNCCOC. The van der Waals surface area contributed by atoms with Crippen molar-refractivity contribution in [1.82, 2.24) is 10.6 Å². The number of esters is 2. The van der Waals surface area contributed by atoms with Crippen LogP contribution >= 0.6 is 0 Å². The van der Waals surface area contributed by atoms with Gasteiger partial charge in [-0.1, -0.05) is 225 Å². The Hall–Kier alpha value is -1.94. The van der Waals surface area contributed by atoms with Gasteiger partial charge in [-0.3, -0.25) is 9.59 Å². The summed E-state index contributed by atoms with van der Waals surface area (Å²) >= 11 is 0. The lowest BCUT2D eigenvalue weighted by Crippen LogP contribution is -2.37. The number of unbranched alkanes of at least 4 members (excludes halogenated alkanes) is 33. The highest BCUT2D eigenvalue weighted by Crippen LogP contribution is 2.19. The molecule has 0 aliphatic rings. The Balaban J connectivity index is 4.86. The van der Waals surface area contributed by atoms with Crippen LogP contribution in [0.3, 0.4) is 0 Å². The molecule has 13 heteroatoms. The Kier molecular flexibility index (Phi) is 68.9. The number of allylic oxidation sites excluding steroid dienone is 4. The third-order valence-corrected chi connectivity index (χ3v) is 14.7. The lowest BCUT2D eigenvalue weighted by molar-refractivity contribution is -0.144. The van der Waals surface area contributed by atoms with E-state index in [1.165, 1.54) is 225 Å². The first-order valence-corrected chi connectivity index (χ1v) is 34.1. The zero-order valence-corrected chi connectivity index (χ0v) is 53.6. The molecule has 0 rings (SSSR count). The average molecular weight is 1150 g/mol. The number of hydrogen-bond donors (Lipinski definition) is 2. The minimum Gasteiger partial charge on any atom is -0.463 e. The molecular weight excluding hydrogens is 1020 g/mol. The third-order valence-electron chi connectivity index (χ3n) is 14.7. The van der Waals surface area contributed by atoms with Gasteiger partial charge in [-0.25, -0.2) is 0 Å². The van der Waals surface area contributed by atoms with Crippen LogP contribution < -0.4 is 10.6 Å². The van der Waals surface area contributed by atoms with Gasteiger partial charge in [-0.2, -0.15) is 0 Å². The van der Waals surface area contributed by atoms with E-state index in [0.29, 0.717) is 65.9 Å². The molecule has 0 radical (unpaired) electrons. The molecule has 2 N–H and O–H groups in total. The van der Waals surface area contributed by atoms with Crippen LogP contribution in [0.5, 0.6) is 0 Å². The summed E-state index contributed by atoms with van der Waals surface area (Å²) in [6, 6.07) is 0. The van der Waals surface area contributed by atoms with Crippen molar-refractivity contribution in [2.75, 3.05) is 119 Å². The summed E-state index contributed by atoms with van der Waals surface area (Å²) in [4.78, 5) is 23.6. The van der Waals surface area contributed by atoms with E-state index in [-0.39, 0.29) is 51.1 Å². The molecule has 0 aliphatic carbocycles. The van der Waals surface area contributed by atoms with E-state index in [1.54, 1.807) is 7.11 Å². The molecule has 2 unspecified atom stereocenters. The third kappa shape index (κ3) is 65.5. The first kappa shape index (κ1) is 79.1. The Morgan fingerprint density at radius 1 is 0.333 bits per heavy atom. The minimum absolute atomic E-state index is 0.0250. The van der Waals surface area contributed by atoms with Crippen LogP contribution in [0.4, 0.5) is 0 Å². The van der Waals surface area contributed by atoms with Gasteiger partial charge < -0.3 is 53.3 Å². The number of carbonyl (C=O) groups is 2. The minimum atomic E-state index is -0.395. The van der Waals surface area contributed by atoms with Crippen molar-refractivity contribution in [2.24, 2.45) is 0 Å². The number of hydrogen-bond acceptors (Lipinski definition) is 13. The van der Waals surface area contributed by atoms with Gasteiger partial charge in [-0.05, 0) is 70.6 Å². The van der Waals surface area contributed by atoms with Gasteiger partial charge in [0.25, 0.3) is 0 Å². The van der Waals surface area contributed by atoms with Crippen LogP contribution in [-0.4, -0.2) is 143 Å². The van der Waals surface area contributed by atoms with Gasteiger partial charge >= 0.3 is 11.9 Å². The van der Waals surface area contributed by atoms with E-state index in [9.17, 15) is 9.59 Å². The second-order valence-electron chi connectivity index (χ2n) is 22.4. The maximum atomic E-state index is 12.0. The van der Waals surface area contributed by atoms with E-state index < -0.39 is 5.97 Å². The summed E-state index contributed by atoms with van der Waals surface area (Å²) in [6.45, 7) is 13.9. The Bertz CT molecular complexity index is 1290. The van der Waals surface area contributed by atoms with Crippen molar-refractivity contribution >= 4 is 11.9 Å². The Morgan fingerprint density at radius 2 is 0.679 bits per heavy atom. The van der Waals surface area contributed by atoms with E-state index >= 15 is 0 Å². The fourth-order valence-electron chi connectivity index (χ4n) is 9.62. The molecule has 0 spiro atoms. The molecule has 480 valence electrons. The average Bonchev–Trinajstić information content (AvgIpc) is 3.47. The molecule has 0 fully saturated rings. The molecule has 13 nitrogen and oxygen atoms in total. The van der Waals surface area contributed by atoms with Crippen molar-refractivity contribution in [3.8, 4) is 0 Å². The van der Waals surface area contributed by atoms with Gasteiger partial charge in [0, 0.05) is 33.4 Å². The van der Waals surface area contributed by atoms with Crippen molar-refractivity contribution < 1.29 is 52.2 Å². The number of nitrogens with one attached hydrogen (secondary N) is 2. The molecule has 0 saturated heterocycles. The second-order valence-corrected chi connectivity index (χ2v) is 22.4. The lowest BCUT2D eigenvalue weighted by Gasteiger charge is -2.28. The standard InChI is InChI=1S/C68H132N2O11/c1-5-8-11-14-17-20-23-25-27-29-31-33-36-39-42-45-50-77-64-66(78-51-46-43-40-37-34-32-30-28-26-24-21-18-15-12-9-6-2)65(47-44-41-38-35-22-19-16-13-10-7-3)79-60-58-75-56-54-74-55-57-76-59-61-81-68(72)63-70-49-53-80-67(71)62-69-48-52-73-4/h25-28,65-66,69-70H,5-24,29-64H2,1-4H3/b27-25-,28-26-. The van der Waals surface area contributed by atoms with Crippen LogP contribution in [0, 0.1) is 0 Å². The van der Waals surface area contributed by atoms with Crippen LogP contribution in [0.2, 0.25) is 0 Å². The molecule has 0 aromatic rings. The zero-order valence-electron chi connectivity index (χ0n) is 53.6. The first-order valence-electron chi connectivity index (χ1n) is 34.1. The number of rotatable bonds is 70. The van der Waals surface area contributed by atoms with Crippen LogP contribution in [-0.2, 0) is 52.2 Å². The summed E-state index contributed by atoms with van der Waals surface area (Å²) in [7, 11) is 1.60. The topological polar surface area (TPSA) is 141 Å². The molecule has 0 aliphatic heterocycles. The summed E-state index contributed by atoms with van der Waals surface area (Å²) in [5.41, 5.74) is 0. The van der Waals surface area contributed by atoms with Crippen molar-refractivity contribution in [3.63, 3.8) is 0 Å². The van der Waals surface area contributed by atoms with Crippen molar-refractivity contribution in [1.29, 1.82) is 0 Å². The number of carbonyl (C=O) groups excluding carboxylic acids is 2. The molecule has 2 atom stereocenters. The molecule has 0 amide bonds. The molecular formula is C68H132N2O11. The fourth-order valence-corrected chi connectivity index (χ4v) is 9.62. The highest BCUT2D eigenvalue weighted by molar-refractivity contribution is 5.72. The maximum absolute atomic E-state index is 12.0. The second kappa shape index (κ2) is 70.5. The summed E-state index contributed by atoms with van der Waals surface area (Å²) in [6.07, 6.45) is 60.0. The van der Waals surface area contributed by atoms with Gasteiger partial charge in [0.05, 0.1) is 78.7 Å². The van der Waals surface area contributed by atoms with Gasteiger partial charge in [-0.15, -0.1) is 0 Å². The summed E-state index contributed by atoms with van der Waals surface area (Å²) in [5, 5.41) is 5.83. The monoisotopic (exact) mass is 1150 g/mol. The number of ether oxygens (including phenoxy) is 9. The highest BCUT2D eigenvalue weighted by atomic mass is 16.6. The number of methoxy groups -OCH3 is 1. The molecule has 0 bridgehead atoms. The normalized spacial score (nSPS) is 12.6. The molecule has 81 heavy (non-hydrogen) atoms.